The molecule has 0 heterocycles. The number of rotatable bonds is 7. The number of carboxylic acids is 1. The van der Waals surface area contributed by atoms with Crippen LogP contribution < -0.4 is 4.90 Å². The molecule has 110 valence electrons. The van der Waals surface area contributed by atoms with Gasteiger partial charge in [-0.25, -0.2) is 4.79 Å². The van der Waals surface area contributed by atoms with Gasteiger partial charge in [0.15, 0.2) is 0 Å². The lowest BCUT2D eigenvalue weighted by atomic mass is 10.3. The van der Waals surface area contributed by atoms with E-state index in [1.54, 1.807) is 30.3 Å². The van der Waals surface area contributed by atoms with Crippen molar-refractivity contribution in [3.8, 4) is 0 Å². The molecule has 0 unspecified atom stereocenters. The summed E-state index contributed by atoms with van der Waals surface area (Å²) in [5.74, 6) is -1.07. The number of aliphatic hydroxyl groups excluding tert-OH is 1. The van der Waals surface area contributed by atoms with Crippen molar-refractivity contribution in [1.82, 2.24) is 4.90 Å². The van der Waals surface area contributed by atoms with Crippen molar-refractivity contribution in [1.29, 1.82) is 0 Å². The van der Waals surface area contributed by atoms with Crippen LogP contribution in [0.5, 0.6) is 0 Å². The summed E-state index contributed by atoms with van der Waals surface area (Å²) in [5.41, 5.74) is 0.544. The highest BCUT2D eigenvalue weighted by molar-refractivity contribution is 5.96. The fourth-order valence-corrected chi connectivity index (χ4v) is 1.83. The minimum absolute atomic E-state index is 0.00591. The monoisotopic (exact) mass is 280 g/mol. The third-order valence-corrected chi connectivity index (χ3v) is 2.83. The topological polar surface area (TPSA) is 81.1 Å². The molecule has 2 amide bonds. The van der Waals surface area contributed by atoms with Crippen molar-refractivity contribution in [3.05, 3.63) is 30.3 Å². The second-order valence-electron chi connectivity index (χ2n) is 4.25. The Morgan fingerprint density at radius 3 is 2.35 bits per heavy atom. The SMILES string of the molecule is CCN(CCCO)C(=O)N(CC(=O)O)c1ccccc1. The quantitative estimate of drug-likeness (QED) is 0.791. The van der Waals surface area contributed by atoms with Gasteiger partial charge in [-0.15, -0.1) is 0 Å². The summed E-state index contributed by atoms with van der Waals surface area (Å²) in [6.45, 7) is 2.28. The van der Waals surface area contributed by atoms with Gasteiger partial charge >= 0.3 is 12.0 Å². The fourth-order valence-electron chi connectivity index (χ4n) is 1.83. The number of aliphatic hydroxyl groups is 1. The summed E-state index contributed by atoms with van der Waals surface area (Å²) >= 11 is 0. The number of benzene rings is 1. The first-order valence-electron chi connectivity index (χ1n) is 6.54. The van der Waals surface area contributed by atoms with Crippen molar-refractivity contribution in [2.45, 2.75) is 13.3 Å². The zero-order valence-corrected chi connectivity index (χ0v) is 11.5. The van der Waals surface area contributed by atoms with E-state index in [9.17, 15) is 9.59 Å². The molecule has 0 aliphatic carbocycles. The number of aliphatic carboxylic acids is 1. The van der Waals surface area contributed by atoms with Crippen molar-refractivity contribution >= 4 is 17.7 Å². The predicted octanol–water partition coefficient (Wildman–Crippen LogP) is 1.40. The Bertz CT molecular complexity index is 436. The number of anilines is 1. The highest BCUT2D eigenvalue weighted by atomic mass is 16.4. The van der Waals surface area contributed by atoms with Crippen molar-refractivity contribution in [2.75, 3.05) is 31.1 Å². The van der Waals surface area contributed by atoms with Gasteiger partial charge < -0.3 is 15.1 Å². The van der Waals surface area contributed by atoms with E-state index in [1.807, 2.05) is 6.92 Å². The van der Waals surface area contributed by atoms with Gasteiger partial charge in [0.1, 0.15) is 6.54 Å². The highest BCUT2D eigenvalue weighted by Gasteiger charge is 2.23. The number of carbonyl (C=O) groups is 2. The van der Waals surface area contributed by atoms with Crippen molar-refractivity contribution < 1.29 is 19.8 Å². The molecule has 0 aromatic heterocycles. The average molecular weight is 280 g/mol. The molecule has 0 aliphatic heterocycles. The van der Waals surface area contributed by atoms with Gasteiger partial charge in [-0.2, -0.15) is 0 Å². The van der Waals surface area contributed by atoms with E-state index in [4.69, 9.17) is 10.2 Å². The van der Waals surface area contributed by atoms with Gasteiger partial charge in [0.05, 0.1) is 0 Å². The lowest BCUT2D eigenvalue weighted by Crippen LogP contribution is -2.46. The van der Waals surface area contributed by atoms with Crippen LogP contribution in [-0.4, -0.2) is 53.4 Å². The van der Waals surface area contributed by atoms with Gasteiger partial charge in [0.2, 0.25) is 0 Å². The first-order valence-corrected chi connectivity index (χ1v) is 6.54. The van der Waals surface area contributed by atoms with Crippen LogP contribution >= 0.6 is 0 Å². The smallest absolute Gasteiger partial charge is 0.325 e. The zero-order chi connectivity index (χ0) is 15.0. The molecular formula is C14H20N2O4. The Morgan fingerprint density at radius 1 is 1.20 bits per heavy atom. The molecule has 0 bridgehead atoms. The molecule has 0 saturated heterocycles. The first kappa shape index (κ1) is 16.0. The molecule has 0 radical (unpaired) electrons. The molecule has 0 atom stereocenters. The lowest BCUT2D eigenvalue weighted by molar-refractivity contribution is -0.135. The summed E-state index contributed by atoms with van der Waals surface area (Å²) in [6.07, 6.45) is 0.468. The second kappa shape index (κ2) is 8.16. The van der Waals surface area contributed by atoms with E-state index in [-0.39, 0.29) is 12.6 Å². The molecule has 1 aromatic carbocycles. The minimum Gasteiger partial charge on any atom is -0.480 e. The van der Waals surface area contributed by atoms with Crippen LogP contribution in [0.1, 0.15) is 13.3 Å². The Labute approximate surface area is 118 Å². The Kier molecular flexibility index (Phi) is 6.52. The molecule has 6 heteroatoms. The van der Waals surface area contributed by atoms with Crippen LogP contribution in [0.4, 0.5) is 10.5 Å². The number of carboxylic acid groups (broad SMARTS) is 1. The Hall–Kier alpha value is -2.08. The number of carbonyl (C=O) groups excluding carboxylic acids is 1. The van der Waals surface area contributed by atoms with Gasteiger partial charge in [0.25, 0.3) is 0 Å². The Balaban J connectivity index is 2.92. The molecule has 2 N–H and O–H groups in total. The average Bonchev–Trinajstić information content (AvgIpc) is 2.46. The molecule has 6 nitrogen and oxygen atoms in total. The molecule has 0 fully saturated rings. The predicted molar refractivity (Wildman–Crippen MR) is 75.8 cm³/mol. The van der Waals surface area contributed by atoms with Crippen LogP contribution in [0.2, 0.25) is 0 Å². The minimum atomic E-state index is -1.07. The molecule has 20 heavy (non-hydrogen) atoms. The maximum atomic E-state index is 12.4. The summed E-state index contributed by atoms with van der Waals surface area (Å²) in [6, 6.07) is 8.33. The van der Waals surface area contributed by atoms with Crippen LogP contribution in [-0.2, 0) is 4.79 Å². The number of amides is 2. The van der Waals surface area contributed by atoms with Crippen molar-refractivity contribution in [2.24, 2.45) is 0 Å². The van der Waals surface area contributed by atoms with Crippen LogP contribution in [0.25, 0.3) is 0 Å². The number of hydrogen-bond acceptors (Lipinski definition) is 3. The summed E-state index contributed by atoms with van der Waals surface area (Å²) in [4.78, 5) is 26.1. The molecule has 1 rings (SSSR count). The van der Waals surface area contributed by atoms with Crippen LogP contribution in [0.3, 0.4) is 0 Å². The van der Waals surface area contributed by atoms with Gasteiger partial charge in [0, 0.05) is 25.4 Å². The Morgan fingerprint density at radius 2 is 1.85 bits per heavy atom. The molecule has 0 saturated carbocycles. The summed E-state index contributed by atoms with van der Waals surface area (Å²) in [5, 5.41) is 17.8. The van der Waals surface area contributed by atoms with Crippen LogP contribution in [0.15, 0.2) is 30.3 Å². The number of hydrogen-bond donors (Lipinski definition) is 2. The molecule has 0 spiro atoms. The number of nitrogens with zero attached hydrogens (tertiary/aromatic N) is 2. The second-order valence-corrected chi connectivity index (χ2v) is 4.25. The number of urea groups is 1. The van der Waals surface area contributed by atoms with Crippen LogP contribution in [0, 0.1) is 0 Å². The molecule has 1 aromatic rings. The lowest BCUT2D eigenvalue weighted by Gasteiger charge is -2.29. The third-order valence-electron chi connectivity index (χ3n) is 2.83. The van der Waals surface area contributed by atoms with Crippen molar-refractivity contribution in [3.63, 3.8) is 0 Å². The normalized spacial score (nSPS) is 10.1. The standard InChI is InChI=1S/C14H20N2O4/c1-2-15(9-6-10-17)14(20)16(11-13(18)19)12-7-4-3-5-8-12/h3-5,7-8,17H,2,6,9-11H2,1H3,(H,18,19). The van der Waals surface area contributed by atoms with Gasteiger partial charge in [-0.3, -0.25) is 9.69 Å². The van der Waals surface area contributed by atoms with Gasteiger partial charge in [-0.05, 0) is 25.5 Å². The van der Waals surface area contributed by atoms with E-state index in [1.165, 1.54) is 9.80 Å². The largest absolute Gasteiger partial charge is 0.480 e. The maximum Gasteiger partial charge on any atom is 0.325 e. The zero-order valence-electron chi connectivity index (χ0n) is 11.5. The summed E-state index contributed by atoms with van der Waals surface area (Å²) in [7, 11) is 0. The van der Waals surface area contributed by atoms with Gasteiger partial charge in [-0.1, -0.05) is 18.2 Å². The third kappa shape index (κ3) is 4.55. The number of para-hydroxylation sites is 1. The molecule has 0 aliphatic rings. The fraction of sp³-hybridized carbons (Fsp3) is 0.429. The first-order chi connectivity index (χ1) is 9.60. The van der Waals surface area contributed by atoms with E-state index in [0.29, 0.717) is 25.2 Å². The van der Waals surface area contributed by atoms with E-state index < -0.39 is 12.5 Å². The molecular weight excluding hydrogens is 260 g/mol. The maximum absolute atomic E-state index is 12.4. The summed E-state index contributed by atoms with van der Waals surface area (Å²) < 4.78 is 0. The highest BCUT2D eigenvalue weighted by Crippen LogP contribution is 2.15. The van der Waals surface area contributed by atoms with E-state index in [0.717, 1.165) is 0 Å². The van der Waals surface area contributed by atoms with E-state index >= 15 is 0 Å². The van der Waals surface area contributed by atoms with E-state index in [2.05, 4.69) is 0 Å².